The summed E-state index contributed by atoms with van der Waals surface area (Å²) in [6.07, 6.45) is 9.21. The van der Waals surface area contributed by atoms with Crippen molar-refractivity contribution in [2.45, 2.75) is 64.1 Å². The van der Waals surface area contributed by atoms with Crippen LogP contribution in [0.5, 0.6) is 0 Å². The topological polar surface area (TPSA) is 82.2 Å². The maximum absolute atomic E-state index is 12.8. The van der Waals surface area contributed by atoms with Crippen molar-refractivity contribution < 1.29 is 14.1 Å². The van der Waals surface area contributed by atoms with Crippen LogP contribution in [0.25, 0.3) is 0 Å². The summed E-state index contributed by atoms with van der Waals surface area (Å²) in [5.41, 5.74) is 1.42. The van der Waals surface area contributed by atoms with Crippen LogP contribution in [0.2, 0.25) is 0 Å². The molecule has 0 bridgehead atoms. The molecule has 1 amide bonds. The summed E-state index contributed by atoms with van der Waals surface area (Å²) in [7, 11) is 0. The molecule has 134 valence electrons. The normalized spacial score (nSPS) is 23.2. The molecular formula is C18H24N4O3. The maximum Gasteiger partial charge on any atom is 0.274 e. The predicted molar refractivity (Wildman–Crippen MR) is 90.2 cm³/mol. The first-order chi connectivity index (χ1) is 12.3. The van der Waals surface area contributed by atoms with Gasteiger partial charge in [-0.05, 0) is 39.0 Å². The molecule has 2 aromatic heterocycles. The van der Waals surface area contributed by atoms with Crippen molar-refractivity contribution in [1.29, 1.82) is 0 Å². The number of aromatic nitrogens is 3. The minimum Gasteiger partial charge on any atom is -0.368 e. The smallest absolute Gasteiger partial charge is 0.274 e. The molecule has 1 fully saturated rings. The van der Waals surface area contributed by atoms with Gasteiger partial charge in [0.05, 0.1) is 6.04 Å². The van der Waals surface area contributed by atoms with E-state index in [1.807, 2.05) is 6.20 Å². The molecule has 3 heterocycles. The zero-order chi connectivity index (χ0) is 17.2. The molecule has 2 aliphatic rings. The summed E-state index contributed by atoms with van der Waals surface area (Å²) in [6.45, 7) is 3.59. The lowest BCUT2D eigenvalue weighted by Crippen LogP contribution is -2.44. The minimum atomic E-state index is -0.227. The molecule has 0 spiro atoms. The van der Waals surface area contributed by atoms with Crippen LogP contribution in [0.4, 0.5) is 0 Å². The summed E-state index contributed by atoms with van der Waals surface area (Å²) in [6, 6.07) is -0.107. The number of fused-ring (bicyclic) bond motifs is 1. The average Bonchev–Trinajstić information content (AvgIpc) is 3.29. The fourth-order valence-electron chi connectivity index (χ4n) is 3.83. The molecule has 1 saturated heterocycles. The molecule has 7 nitrogen and oxygen atoms in total. The van der Waals surface area contributed by atoms with Gasteiger partial charge in [-0.1, -0.05) is 5.16 Å². The van der Waals surface area contributed by atoms with E-state index in [2.05, 4.69) is 26.9 Å². The van der Waals surface area contributed by atoms with Gasteiger partial charge < -0.3 is 19.1 Å². The Balaban J connectivity index is 1.54. The summed E-state index contributed by atoms with van der Waals surface area (Å²) < 4.78 is 13.4. The molecule has 1 N–H and O–H groups in total. The van der Waals surface area contributed by atoms with Gasteiger partial charge in [0, 0.05) is 37.5 Å². The highest BCUT2D eigenvalue weighted by molar-refractivity contribution is 5.94. The SMILES string of the molecule is CCn1ccnc1[C@@H]1OCCC[C@H]1NC(=O)c1noc2c1CCCC2. The molecule has 0 unspecified atom stereocenters. The van der Waals surface area contributed by atoms with Gasteiger partial charge in [0.2, 0.25) is 0 Å². The number of rotatable bonds is 4. The Morgan fingerprint density at radius 1 is 1.36 bits per heavy atom. The van der Waals surface area contributed by atoms with Crippen molar-refractivity contribution in [1.82, 2.24) is 20.0 Å². The van der Waals surface area contributed by atoms with Crippen LogP contribution in [0.1, 0.15) is 66.3 Å². The van der Waals surface area contributed by atoms with Crippen molar-refractivity contribution >= 4 is 5.91 Å². The molecular weight excluding hydrogens is 320 g/mol. The highest BCUT2D eigenvalue weighted by Gasteiger charge is 2.33. The monoisotopic (exact) mass is 344 g/mol. The van der Waals surface area contributed by atoms with E-state index in [1.165, 1.54) is 0 Å². The lowest BCUT2D eigenvalue weighted by atomic mass is 9.96. The number of carbonyl (C=O) groups is 1. The van der Waals surface area contributed by atoms with Crippen LogP contribution in [0.3, 0.4) is 0 Å². The summed E-state index contributed by atoms with van der Waals surface area (Å²) >= 11 is 0. The average molecular weight is 344 g/mol. The van der Waals surface area contributed by atoms with E-state index < -0.39 is 0 Å². The van der Waals surface area contributed by atoms with E-state index in [0.717, 1.165) is 62.2 Å². The maximum atomic E-state index is 12.8. The Morgan fingerprint density at radius 3 is 3.12 bits per heavy atom. The third kappa shape index (κ3) is 3.08. The zero-order valence-corrected chi connectivity index (χ0v) is 14.5. The summed E-state index contributed by atoms with van der Waals surface area (Å²) in [5.74, 6) is 1.58. The third-order valence-electron chi connectivity index (χ3n) is 5.15. The zero-order valence-electron chi connectivity index (χ0n) is 14.5. The van der Waals surface area contributed by atoms with E-state index in [9.17, 15) is 4.79 Å². The van der Waals surface area contributed by atoms with Crippen molar-refractivity contribution in [3.05, 3.63) is 35.2 Å². The van der Waals surface area contributed by atoms with Crippen LogP contribution in [0, 0.1) is 0 Å². The first kappa shape index (κ1) is 16.3. The Labute approximate surface area is 146 Å². The molecule has 0 aromatic carbocycles. The van der Waals surface area contributed by atoms with E-state index in [1.54, 1.807) is 6.20 Å². The number of hydrogen-bond acceptors (Lipinski definition) is 5. The number of aryl methyl sites for hydroxylation is 2. The highest BCUT2D eigenvalue weighted by Crippen LogP contribution is 2.29. The van der Waals surface area contributed by atoms with E-state index in [0.29, 0.717) is 12.3 Å². The molecule has 0 radical (unpaired) electrons. The molecule has 4 rings (SSSR count). The second kappa shape index (κ2) is 7.00. The standard InChI is InChI=1S/C18H24N4O3/c1-2-22-10-9-19-17(22)16-13(7-5-11-24-16)20-18(23)15-12-6-3-4-8-14(12)25-21-15/h9-10,13,16H,2-8,11H2,1H3,(H,20,23)/t13-,16-/m1/s1. The Bertz CT molecular complexity index is 751. The Kier molecular flexibility index (Phi) is 4.57. The molecule has 0 saturated carbocycles. The first-order valence-electron chi connectivity index (χ1n) is 9.19. The number of hydrogen-bond donors (Lipinski definition) is 1. The van der Waals surface area contributed by atoms with Gasteiger partial charge in [-0.2, -0.15) is 0 Å². The number of imidazole rings is 1. The largest absolute Gasteiger partial charge is 0.368 e. The van der Waals surface area contributed by atoms with Gasteiger partial charge in [-0.3, -0.25) is 4.79 Å². The van der Waals surface area contributed by atoms with E-state index in [-0.39, 0.29) is 18.1 Å². The van der Waals surface area contributed by atoms with E-state index >= 15 is 0 Å². The van der Waals surface area contributed by atoms with Crippen LogP contribution in [-0.2, 0) is 24.1 Å². The number of carbonyl (C=O) groups excluding carboxylic acids is 1. The lowest BCUT2D eigenvalue weighted by Gasteiger charge is -2.32. The summed E-state index contributed by atoms with van der Waals surface area (Å²) in [4.78, 5) is 17.3. The van der Waals surface area contributed by atoms with Gasteiger partial charge in [0.15, 0.2) is 5.69 Å². The summed E-state index contributed by atoms with van der Waals surface area (Å²) in [5, 5.41) is 7.16. The molecule has 2 atom stereocenters. The number of amides is 1. The van der Waals surface area contributed by atoms with E-state index in [4.69, 9.17) is 9.26 Å². The predicted octanol–water partition coefficient (Wildman–Crippen LogP) is 2.42. The molecule has 7 heteroatoms. The molecule has 1 aliphatic carbocycles. The Hall–Kier alpha value is -2.15. The van der Waals surface area contributed by atoms with Crippen molar-refractivity contribution in [2.24, 2.45) is 0 Å². The van der Waals surface area contributed by atoms with Crippen LogP contribution < -0.4 is 5.32 Å². The van der Waals surface area contributed by atoms with Gasteiger partial charge in [-0.15, -0.1) is 0 Å². The van der Waals surface area contributed by atoms with Crippen LogP contribution in [0.15, 0.2) is 16.9 Å². The second-order valence-electron chi connectivity index (χ2n) is 6.73. The molecule has 25 heavy (non-hydrogen) atoms. The van der Waals surface area contributed by atoms with Crippen molar-refractivity contribution in [2.75, 3.05) is 6.61 Å². The van der Waals surface area contributed by atoms with Crippen LogP contribution >= 0.6 is 0 Å². The van der Waals surface area contributed by atoms with Crippen molar-refractivity contribution in [3.8, 4) is 0 Å². The van der Waals surface area contributed by atoms with Gasteiger partial charge in [0.1, 0.15) is 17.7 Å². The number of ether oxygens (including phenoxy) is 1. The number of nitrogens with zero attached hydrogens (tertiary/aromatic N) is 3. The van der Waals surface area contributed by atoms with Crippen LogP contribution in [-0.4, -0.2) is 33.3 Å². The lowest BCUT2D eigenvalue weighted by molar-refractivity contribution is -0.0164. The van der Waals surface area contributed by atoms with Gasteiger partial charge in [-0.25, -0.2) is 4.98 Å². The minimum absolute atomic E-state index is 0.107. The fourth-order valence-corrected chi connectivity index (χ4v) is 3.83. The van der Waals surface area contributed by atoms with Gasteiger partial charge in [0.25, 0.3) is 5.91 Å². The van der Waals surface area contributed by atoms with Crippen molar-refractivity contribution in [3.63, 3.8) is 0 Å². The number of nitrogens with one attached hydrogen (secondary N) is 1. The quantitative estimate of drug-likeness (QED) is 0.921. The fraction of sp³-hybridized carbons (Fsp3) is 0.611. The highest BCUT2D eigenvalue weighted by atomic mass is 16.5. The molecule has 2 aromatic rings. The Morgan fingerprint density at radius 2 is 2.24 bits per heavy atom. The van der Waals surface area contributed by atoms with Gasteiger partial charge >= 0.3 is 0 Å². The third-order valence-corrected chi connectivity index (χ3v) is 5.15. The second-order valence-corrected chi connectivity index (χ2v) is 6.73. The molecule has 1 aliphatic heterocycles. The first-order valence-corrected chi connectivity index (χ1v) is 9.19.